The maximum Gasteiger partial charge on any atom is 0.416 e. The van der Waals surface area contributed by atoms with Gasteiger partial charge in [0.2, 0.25) is 11.7 Å². The van der Waals surface area contributed by atoms with Crippen LogP contribution in [0.4, 0.5) is 13.2 Å². The molecular formula is C23H25F3N6O3. The molecule has 1 fully saturated rings. The van der Waals surface area contributed by atoms with Crippen LogP contribution < -0.4 is 5.56 Å². The molecule has 0 unspecified atom stereocenters. The first-order valence-electron chi connectivity index (χ1n) is 11.3. The van der Waals surface area contributed by atoms with Gasteiger partial charge >= 0.3 is 6.18 Å². The highest BCUT2D eigenvalue weighted by atomic mass is 19.4. The van der Waals surface area contributed by atoms with Crippen LogP contribution in [0.2, 0.25) is 0 Å². The molecule has 0 saturated carbocycles. The summed E-state index contributed by atoms with van der Waals surface area (Å²) in [7, 11) is 0. The molecular weight excluding hydrogens is 465 g/mol. The SMILES string of the molecule is CCCCn1nc(C(=O)N2CCN(Cc3nc(-c4cccc(C(F)(F)F)c4)no3)CC2)ccc1=O. The van der Waals surface area contributed by atoms with Crippen LogP contribution in [-0.2, 0) is 19.3 Å². The van der Waals surface area contributed by atoms with E-state index in [1.165, 1.54) is 28.9 Å². The van der Waals surface area contributed by atoms with E-state index in [1.54, 1.807) is 4.90 Å². The number of carbonyl (C=O) groups is 1. The van der Waals surface area contributed by atoms with Gasteiger partial charge in [0, 0.05) is 44.4 Å². The topological polar surface area (TPSA) is 97.4 Å². The number of amides is 1. The number of aromatic nitrogens is 4. The molecule has 1 aromatic carbocycles. The number of benzene rings is 1. The summed E-state index contributed by atoms with van der Waals surface area (Å²) in [5, 5.41) is 8.03. The Morgan fingerprint density at radius 3 is 2.60 bits per heavy atom. The second-order valence-corrected chi connectivity index (χ2v) is 8.29. The molecule has 3 aromatic rings. The van der Waals surface area contributed by atoms with Gasteiger partial charge < -0.3 is 9.42 Å². The number of alkyl halides is 3. The van der Waals surface area contributed by atoms with E-state index in [4.69, 9.17) is 4.52 Å². The highest BCUT2D eigenvalue weighted by Gasteiger charge is 2.31. The number of halogens is 3. The molecule has 0 aliphatic carbocycles. The number of carbonyl (C=O) groups excluding carboxylic acids is 1. The predicted molar refractivity (Wildman–Crippen MR) is 119 cm³/mol. The molecule has 35 heavy (non-hydrogen) atoms. The summed E-state index contributed by atoms with van der Waals surface area (Å²) >= 11 is 0. The van der Waals surface area contributed by atoms with Gasteiger partial charge in [-0.1, -0.05) is 30.6 Å². The highest BCUT2D eigenvalue weighted by molar-refractivity contribution is 5.92. The van der Waals surface area contributed by atoms with Crippen molar-refractivity contribution in [1.29, 1.82) is 0 Å². The van der Waals surface area contributed by atoms with Crippen molar-refractivity contribution in [3.8, 4) is 11.4 Å². The average Bonchev–Trinajstić information content (AvgIpc) is 3.32. The van der Waals surface area contributed by atoms with Crippen LogP contribution in [0.15, 0.2) is 45.7 Å². The Bertz CT molecular complexity index is 1230. The molecule has 4 rings (SSSR count). The van der Waals surface area contributed by atoms with Crippen molar-refractivity contribution < 1.29 is 22.5 Å². The van der Waals surface area contributed by atoms with E-state index < -0.39 is 11.7 Å². The smallest absolute Gasteiger partial charge is 0.338 e. The lowest BCUT2D eigenvalue weighted by Crippen LogP contribution is -2.48. The fourth-order valence-electron chi connectivity index (χ4n) is 3.76. The number of piperazine rings is 1. The molecule has 0 spiro atoms. The lowest BCUT2D eigenvalue weighted by atomic mass is 10.1. The van der Waals surface area contributed by atoms with Crippen LogP contribution in [-0.4, -0.2) is 61.8 Å². The molecule has 3 heterocycles. The molecule has 0 atom stereocenters. The first-order chi connectivity index (χ1) is 16.7. The Balaban J connectivity index is 1.34. The normalized spacial score (nSPS) is 14.9. The van der Waals surface area contributed by atoms with Crippen LogP contribution in [0.3, 0.4) is 0 Å². The van der Waals surface area contributed by atoms with E-state index in [9.17, 15) is 22.8 Å². The van der Waals surface area contributed by atoms with Crippen LogP contribution in [0.1, 0.15) is 41.7 Å². The Kier molecular flexibility index (Phi) is 7.29. The summed E-state index contributed by atoms with van der Waals surface area (Å²) in [4.78, 5) is 32.7. The number of nitrogens with zero attached hydrogens (tertiary/aromatic N) is 6. The number of hydrogen-bond acceptors (Lipinski definition) is 7. The third-order valence-electron chi connectivity index (χ3n) is 5.74. The summed E-state index contributed by atoms with van der Waals surface area (Å²) < 4.78 is 45.5. The molecule has 1 aliphatic heterocycles. The molecule has 12 heteroatoms. The fourth-order valence-corrected chi connectivity index (χ4v) is 3.76. The lowest BCUT2D eigenvalue weighted by molar-refractivity contribution is -0.137. The second kappa shape index (κ2) is 10.4. The molecule has 0 N–H and O–H groups in total. The van der Waals surface area contributed by atoms with E-state index in [0.717, 1.165) is 25.0 Å². The zero-order valence-electron chi connectivity index (χ0n) is 19.2. The number of aryl methyl sites for hydroxylation is 1. The van der Waals surface area contributed by atoms with Crippen molar-refractivity contribution in [2.75, 3.05) is 26.2 Å². The quantitative estimate of drug-likeness (QED) is 0.502. The third kappa shape index (κ3) is 5.94. The van der Waals surface area contributed by atoms with Crippen molar-refractivity contribution in [2.45, 2.75) is 39.0 Å². The van der Waals surface area contributed by atoms with Gasteiger partial charge in [0.1, 0.15) is 5.69 Å². The van der Waals surface area contributed by atoms with E-state index in [1.807, 2.05) is 11.8 Å². The Morgan fingerprint density at radius 1 is 1.11 bits per heavy atom. The van der Waals surface area contributed by atoms with Crippen LogP contribution in [0, 0.1) is 0 Å². The molecule has 1 aliphatic rings. The average molecular weight is 490 g/mol. The number of unbranched alkanes of at least 4 members (excludes halogenated alkanes) is 1. The number of rotatable bonds is 7. The minimum atomic E-state index is -4.46. The van der Waals surface area contributed by atoms with Crippen molar-refractivity contribution in [2.24, 2.45) is 0 Å². The molecule has 2 aromatic heterocycles. The van der Waals surface area contributed by atoms with Crippen LogP contribution >= 0.6 is 0 Å². The van der Waals surface area contributed by atoms with E-state index in [-0.39, 0.29) is 34.4 Å². The van der Waals surface area contributed by atoms with Gasteiger partial charge in [-0.2, -0.15) is 23.3 Å². The van der Waals surface area contributed by atoms with Gasteiger partial charge in [0.25, 0.3) is 11.5 Å². The standard InChI is InChI=1S/C23H25F3N6O3/c1-2-3-9-32-20(33)8-7-18(28-32)22(34)31-12-10-30(11-13-31)15-19-27-21(29-35-19)16-5-4-6-17(14-16)23(24,25)26/h4-8,14H,2-3,9-13,15H2,1H3. The monoisotopic (exact) mass is 490 g/mol. The Hall–Kier alpha value is -3.54. The van der Waals surface area contributed by atoms with Gasteiger partial charge in [-0.15, -0.1) is 0 Å². The number of hydrogen-bond donors (Lipinski definition) is 0. The van der Waals surface area contributed by atoms with Crippen molar-refractivity contribution in [3.05, 3.63) is 63.9 Å². The first kappa shape index (κ1) is 24.6. The first-order valence-corrected chi connectivity index (χ1v) is 11.3. The molecule has 0 bridgehead atoms. The largest absolute Gasteiger partial charge is 0.416 e. The van der Waals surface area contributed by atoms with E-state index in [2.05, 4.69) is 15.2 Å². The summed E-state index contributed by atoms with van der Waals surface area (Å²) in [6.45, 7) is 4.78. The maximum absolute atomic E-state index is 13.0. The predicted octanol–water partition coefficient (Wildman–Crippen LogP) is 3.07. The molecule has 186 valence electrons. The third-order valence-corrected chi connectivity index (χ3v) is 5.74. The molecule has 0 radical (unpaired) electrons. The molecule has 1 amide bonds. The Labute approximate surface area is 199 Å². The zero-order chi connectivity index (χ0) is 25.0. The minimum absolute atomic E-state index is 0.0872. The summed E-state index contributed by atoms with van der Waals surface area (Å²) in [5.41, 5.74) is -0.559. The zero-order valence-corrected chi connectivity index (χ0v) is 19.2. The lowest BCUT2D eigenvalue weighted by Gasteiger charge is -2.33. The van der Waals surface area contributed by atoms with Gasteiger partial charge in [-0.05, 0) is 24.6 Å². The van der Waals surface area contributed by atoms with Crippen LogP contribution in [0.5, 0.6) is 0 Å². The van der Waals surface area contributed by atoms with E-state index in [0.29, 0.717) is 39.3 Å². The minimum Gasteiger partial charge on any atom is -0.338 e. The maximum atomic E-state index is 13.0. The Morgan fingerprint density at radius 2 is 1.89 bits per heavy atom. The second-order valence-electron chi connectivity index (χ2n) is 8.29. The summed E-state index contributed by atoms with van der Waals surface area (Å²) in [6.07, 6.45) is -2.74. The van der Waals surface area contributed by atoms with E-state index >= 15 is 0 Å². The molecule has 9 nitrogen and oxygen atoms in total. The molecule has 1 saturated heterocycles. The van der Waals surface area contributed by atoms with Gasteiger partial charge in [0.15, 0.2) is 0 Å². The van der Waals surface area contributed by atoms with Crippen molar-refractivity contribution >= 4 is 5.91 Å². The summed E-state index contributed by atoms with van der Waals surface area (Å²) in [5.74, 6) is 0.130. The highest BCUT2D eigenvalue weighted by Crippen LogP contribution is 2.31. The van der Waals surface area contributed by atoms with Gasteiger partial charge in [-0.25, -0.2) is 4.68 Å². The fraction of sp³-hybridized carbons (Fsp3) is 0.435. The van der Waals surface area contributed by atoms with Crippen molar-refractivity contribution in [3.63, 3.8) is 0 Å². The van der Waals surface area contributed by atoms with Crippen molar-refractivity contribution in [1.82, 2.24) is 29.7 Å². The van der Waals surface area contributed by atoms with Crippen LogP contribution in [0.25, 0.3) is 11.4 Å². The summed E-state index contributed by atoms with van der Waals surface area (Å²) in [6, 6.07) is 7.58. The van der Waals surface area contributed by atoms with Gasteiger partial charge in [0.05, 0.1) is 12.1 Å². The van der Waals surface area contributed by atoms with Gasteiger partial charge in [-0.3, -0.25) is 14.5 Å².